The zero-order valence-corrected chi connectivity index (χ0v) is 20.9. The second-order valence-corrected chi connectivity index (χ2v) is 10.5. The summed E-state index contributed by atoms with van der Waals surface area (Å²) >= 11 is 1.69. The van der Waals surface area contributed by atoms with Gasteiger partial charge < -0.3 is 10.3 Å². The molecule has 5 heteroatoms. The van der Waals surface area contributed by atoms with E-state index in [0.29, 0.717) is 0 Å². The van der Waals surface area contributed by atoms with E-state index in [-0.39, 0.29) is 5.91 Å². The lowest BCUT2D eigenvalue weighted by molar-refractivity contribution is 0.102. The standard InChI is InChI=1S/C29H31N3OS/c1-18-14-19(2)16-21(15-18)32-28(33)27-23-11-6-4-5-7-13-26(23)34-29(27)30-17-24-20(3)31-25-12-9-8-10-22(24)25/h8-10,12,14-17,31H,4-7,11,13H2,1-3H3,(H,32,33). The van der Waals surface area contributed by atoms with Crippen molar-refractivity contribution in [3.63, 3.8) is 0 Å². The second-order valence-electron chi connectivity index (χ2n) is 9.40. The lowest BCUT2D eigenvalue weighted by Gasteiger charge is -2.12. The fraction of sp³-hybridized carbons (Fsp3) is 0.310. The summed E-state index contributed by atoms with van der Waals surface area (Å²) in [6.07, 6.45) is 8.69. The summed E-state index contributed by atoms with van der Waals surface area (Å²) < 4.78 is 0. The van der Waals surface area contributed by atoms with Crippen LogP contribution in [0.2, 0.25) is 0 Å². The Balaban J connectivity index is 1.56. The van der Waals surface area contributed by atoms with Crippen molar-refractivity contribution in [3.05, 3.63) is 80.9 Å². The van der Waals surface area contributed by atoms with Crippen molar-refractivity contribution in [1.82, 2.24) is 4.98 Å². The number of aromatic nitrogens is 1. The van der Waals surface area contributed by atoms with Gasteiger partial charge in [0.1, 0.15) is 5.00 Å². The molecule has 0 fully saturated rings. The molecule has 1 aliphatic rings. The molecule has 5 rings (SSSR count). The van der Waals surface area contributed by atoms with Gasteiger partial charge >= 0.3 is 0 Å². The molecule has 34 heavy (non-hydrogen) atoms. The number of hydrogen-bond donors (Lipinski definition) is 2. The van der Waals surface area contributed by atoms with E-state index in [4.69, 9.17) is 4.99 Å². The molecular weight excluding hydrogens is 438 g/mol. The molecule has 1 aliphatic carbocycles. The van der Waals surface area contributed by atoms with E-state index in [9.17, 15) is 4.79 Å². The third kappa shape index (κ3) is 4.58. The third-order valence-electron chi connectivity index (χ3n) is 6.61. The normalized spacial score (nSPS) is 14.2. The Bertz CT molecular complexity index is 1370. The van der Waals surface area contributed by atoms with Crippen LogP contribution < -0.4 is 5.32 Å². The smallest absolute Gasteiger partial charge is 0.259 e. The number of thiophene rings is 1. The fourth-order valence-corrected chi connectivity index (χ4v) is 6.29. The predicted octanol–water partition coefficient (Wildman–Crippen LogP) is 7.82. The van der Waals surface area contributed by atoms with Gasteiger partial charge in [-0.1, -0.05) is 37.1 Å². The molecule has 0 unspecified atom stereocenters. The molecule has 0 radical (unpaired) electrons. The second kappa shape index (κ2) is 9.59. The number of aromatic amines is 1. The molecule has 0 saturated carbocycles. The van der Waals surface area contributed by atoms with Gasteiger partial charge in [-0.2, -0.15) is 0 Å². The van der Waals surface area contributed by atoms with Gasteiger partial charge in [0.2, 0.25) is 0 Å². The first-order chi connectivity index (χ1) is 16.5. The Morgan fingerprint density at radius 3 is 2.53 bits per heavy atom. The molecule has 4 nitrogen and oxygen atoms in total. The van der Waals surface area contributed by atoms with E-state index < -0.39 is 0 Å². The Morgan fingerprint density at radius 1 is 1.00 bits per heavy atom. The van der Waals surface area contributed by atoms with Gasteiger partial charge in [0, 0.05) is 38.9 Å². The SMILES string of the molecule is Cc1cc(C)cc(NC(=O)c2c(N=Cc3c(C)[nH]c4ccccc34)sc3c2CCCCCC3)c1. The molecule has 174 valence electrons. The number of H-pyrrole nitrogens is 1. The highest BCUT2D eigenvalue weighted by Crippen LogP contribution is 2.39. The van der Waals surface area contributed by atoms with Crippen molar-refractivity contribution in [2.24, 2.45) is 4.99 Å². The van der Waals surface area contributed by atoms with Crippen LogP contribution in [0.5, 0.6) is 0 Å². The molecular formula is C29H31N3OS. The summed E-state index contributed by atoms with van der Waals surface area (Å²) in [5.74, 6) is -0.0501. The monoisotopic (exact) mass is 469 g/mol. The van der Waals surface area contributed by atoms with Crippen molar-refractivity contribution in [3.8, 4) is 0 Å². The maximum Gasteiger partial charge on any atom is 0.259 e. The number of aliphatic imine (C=N–C) groups is 1. The number of benzene rings is 2. The number of carbonyl (C=O) groups excluding carboxylic acids is 1. The van der Waals surface area contributed by atoms with Crippen molar-refractivity contribution < 1.29 is 4.79 Å². The summed E-state index contributed by atoms with van der Waals surface area (Å²) in [6, 6.07) is 14.5. The van der Waals surface area contributed by atoms with E-state index in [0.717, 1.165) is 68.8 Å². The number of nitrogens with zero attached hydrogens (tertiary/aromatic N) is 1. The van der Waals surface area contributed by atoms with E-state index in [1.54, 1.807) is 11.3 Å². The number of nitrogens with one attached hydrogen (secondary N) is 2. The van der Waals surface area contributed by atoms with Crippen LogP contribution in [0, 0.1) is 20.8 Å². The summed E-state index contributed by atoms with van der Waals surface area (Å²) in [5.41, 5.74) is 8.36. The minimum atomic E-state index is -0.0501. The topological polar surface area (TPSA) is 57.2 Å². The van der Waals surface area contributed by atoms with Gasteiger partial charge in [0.05, 0.1) is 5.56 Å². The largest absolute Gasteiger partial charge is 0.358 e. The molecule has 2 heterocycles. The highest BCUT2D eigenvalue weighted by Gasteiger charge is 2.24. The van der Waals surface area contributed by atoms with E-state index in [2.05, 4.69) is 49.3 Å². The third-order valence-corrected chi connectivity index (χ3v) is 7.81. The van der Waals surface area contributed by atoms with Gasteiger partial charge in [0.25, 0.3) is 5.91 Å². The van der Waals surface area contributed by atoms with Crippen LogP contribution in [-0.4, -0.2) is 17.1 Å². The van der Waals surface area contributed by atoms with Crippen LogP contribution in [0.1, 0.15) is 68.9 Å². The predicted molar refractivity (Wildman–Crippen MR) is 144 cm³/mol. The summed E-state index contributed by atoms with van der Waals surface area (Å²) in [7, 11) is 0. The molecule has 2 aromatic heterocycles. The van der Waals surface area contributed by atoms with Gasteiger partial charge in [-0.05, 0) is 81.3 Å². The van der Waals surface area contributed by atoms with Crippen molar-refractivity contribution in [2.75, 3.05) is 5.32 Å². The van der Waals surface area contributed by atoms with Crippen molar-refractivity contribution in [1.29, 1.82) is 0 Å². The summed E-state index contributed by atoms with van der Waals surface area (Å²) in [5, 5.41) is 5.15. The van der Waals surface area contributed by atoms with Crippen LogP contribution in [0.25, 0.3) is 10.9 Å². The minimum Gasteiger partial charge on any atom is -0.358 e. The molecule has 0 atom stereocenters. The van der Waals surface area contributed by atoms with Gasteiger partial charge in [-0.3, -0.25) is 4.79 Å². The first-order valence-corrected chi connectivity index (χ1v) is 13.0. The highest BCUT2D eigenvalue weighted by atomic mass is 32.1. The number of anilines is 1. The van der Waals surface area contributed by atoms with Crippen LogP contribution in [-0.2, 0) is 12.8 Å². The first-order valence-electron chi connectivity index (χ1n) is 12.1. The Morgan fingerprint density at radius 2 is 1.74 bits per heavy atom. The maximum absolute atomic E-state index is 13.6. The Hall–Kier alpha value is -3.18. The quantitative estimate of drug-likeness (QED) is 0.294. The van der Waals surface area contributed by atoms with Gasteiger partial charge in [-0.25, -0.2) is 4.99 Å². The summed E-state index contributed by atoms with van der Waals surface area (Å²) in [6.45, 7) is 6.19. The minimum absolute atomic E-state index is 0.0501. The van der Waals surface area contributed by atoms with Crippen LogP contribution in [0.15, 0.2) is 47.5 Å². The lowest BCUT2D eigenvalue weighted by Crippen LogP contribution is -2.14. The van der Waals surface area contributed by atoms with Crippen molar-refractivity contribution >= 4 is 45.0 Å². The van der Waals surface area contributed by atoms with Gasteiger partial charge in [-0.15, -0.1) is 11.3 Å². The molecule has 2 N–H and O–H groups in total. The van der Waals surface area contributed by atoms with Gasteiger partial charge in [0.15, 0.2) is 0 Å². The molecule has 0 spiro atoms. The van der Waals surface area contributed by atoms with Crippen LogP contribution >= 0.6 is 11.3 Å². The van der Waals surface area contributed by atoms with E-state index in [1.807, 2.05) is 30.5 Å². The number of fused-ring (bicyclic) bond motifs is 2. The van der Waals surface area contributed by atoms with Crippen LogP contribution in [0.4, 0.5) is 10.7 Å². The Labute approximate surface area is 205 Å². The van der Waals surface area contributed by atoms with Crippen molar-refractivity contribution in [2.45, 2.75) is 59.3 Å². The molecule has 2 aromatic carbocycles. The van der Waals surface area contributed by atoms with E-state index >= 15 is 0 Å². The summed E-state index contributed by atoms with van der Waals surface area (Å²) in [4.78, 5) is 23.4. The highest BCUT2D eigenvalue weighted by molar-refractivity contribution is 7.16. The number of aryl methyl sites for hydroxylation is 4. The van der Waals surface area contributed by atoms with E-state index in [1.165, 1.54) is 29.7 Å². The maximum atomic E-state index is 13.6. The zero-order chi connectivity index (χ0) is 23.7. The number of hydrogen-bond acceptors (Lipinski definition) is 3. The Kier molecular flexibility index (Phi) is 6.38. The number of rotatable bonds is 4. The molecule has 0 saturated heterocycles. The number of amides is 1. The molecule has 1 amide bonds. The molecule has 0 aliphatic heterocycles. The lowest BCUT2D eigenvalue weighted by atomic mass is 9.96. The fourth-order valence-electron chi connectivity index (χ4n) is 5.06. The molecule has 0 bridgehead atoms. The first kappa shape index (κ1) is 22.6. The molecule has 4 aromatic rings. The number of carbonyl (C=O) groups is 1. The zero-order valence-electron chi connectivity index (χ0n) is 20.1. The van der Waals surface area contributed by atoms with Crippen LogP contribution in [0.3, 0.4) is 0 Å². The average Bonchev–Trinajstić information content (AvgIpc) is 3.27. The number of para-hydroxylation sites is 1. The average molecular weight is 470 g/mol.